The molecule has 3 aromatic rings. The van der Waals surface area contributed by atoms with Crippen LogP contribution in [0.3, 0.4) is 0 Å². The summed E-state index contributed by atoms with van der Waals surface area (Å²) in [5.74, 6) is -0.113. The summed E-state index contributed by atoms with van der Waals surface area (Å²) in [6.07, 6.45) is 8.42. The number of benzene rings is 1. The fourth-order valence-electron chi connectivity index (χ4n) is 3.85. The number of nitrogens with zero attached hydrogens (tertiary/aromatic N) is 4. The molecule has 0 aliphatic carbocycles. The molecular formula is C26H25ClN4O3S. The van der Waals surface area contributed by atoms with Gasteiger partial charge in [-0.2, -0.15) is 4.31 Å². The van der Waals surface area contributed by atoms with Crippen LogP contribution >= 0.6 is 11.6 Å². The number of hydrogen-bond acceptors (Lipinski definition) is 5. The van der Waals surface area contributed by atoms with Gasteiger partial charge < -0.3 is 4.90 Å². The van der Waals surface area contributed by atoms with E-state index in [0.29, 0.717) is 30.2 Å². The van der Waals surface area contributed by atoms with Gasteiger partial charge in [0, 0.05) is 50.3 Å². The molecule has 35 heavy (non-hydrogen) atoms. The highest BCUT2D eigenvalue weighted by Gasteiger charge is 2.30. The maximum Gasteiger partial charge on any atom is 0.253 e. The zero-order chi connectivity index (χ0) is 24.8. The van der Waals surface area contributed by atoms with Gasteiger partial charge in [-0.3, -0.25) is 9.78 Å². The topological polar surface area (TPSA) is 83.5 Å². The molecule has 0 radical (unpaired) electrons. The van der Waals surface area contributed by atoms with Crippen LogP contribution in [0.15, 0.2) is 90.8 Å². The highest BCUT2D eigenvalue weighted by molar-refractivity contribution is 7.93. The monoisotopic (exact) mass is 508 g/mol. The molecule has 4 rings (SSSR count). The highest BCUT2D eigenvalue weighted by atomic mass is 35.5. The third kappa shape index (κ3) is 5.85. The van der Waals surface area contributed by atoms with Crippen LogP contribution in [0.4, 0.5) is 0 Å². The van der Waals surface area contributed by atoms with Crippen molar-refractivity contribution in [2.24, 2.45) is 0 Å². The smallest absolute Gasteiger partial charge is 0.253 e. The zero-order valence-electron chi connectivity index (χ0n) is 19.0. The van der Waals surface area contributed by atoms with Gasteiger partial charge in [-0.05, 0) is 59.5 Å². The fraction of sp³-hybridized carbons (Fsp3) is 0.192. The molecule has 1 saturated heterocycles. The minimum Gasteiger partial charge on any atom is -0.336 e. The van der Waals surface area contributed by atoms with Gasteiger partial charge >= 0.3 is 0 Å². The largest absolute Gasteiger partial charge is 0.336 e. The number of rotatable bonds is 7. The summed E-state index contributed by atoms with van der Waals surface area (Å²) in [5.41, 5.74) is 3.44. The van der Waals surface area contributed by atoms with Crippen molar-refractivity contribution in [2.75, 3.05) is 26.2 Å². The Kier molecular flexibility index (Phi) is 7.75. The van der Waals surface area contributed by atoms with Gasteiger partial charge in [-0.15, -0.1) is 0 Å². The minimum absolute atomic E-state index is 0.113. The summed E-state index contributed by atoms with van der Waals surface area (Å²) < 4.78 is 27.7. The SMILES string of the molecule is C=CC(=CCc1ccc(Cl)nc1)S(=O)(=O)N1CCN(C(=O)c2ccc(-c3ccncc3)cc2)CC1. The van der Waals surface area contributed by atoms with Crippen LogP contribution in [-0.4, -0.2) is 59.7 Å². The van der Waals surface area contributed by atoms with E-state index in [-0.39, 0.29) is 23.9 Å². The Morgan fingerprint density at radius 3 is 2.23 bits per heavy atom. The van der Waals surface area contributed by atoms with Crippen molar-refractivity contribution < 1.29 is 13.2 Å². The average Bonchev–Trinajstić information content (AvgIpc) is 2.90. The molecule has 9 heteroatoms. The second-order valence-electron chi connectivity index (χ2n) is 8.01. The third-order valence-corrected chi connectivity index (χ3v) is 8.04. The molecule has 2 aromatic heterocycles. The predicted octanol–water partition coefficient (Wildman–Crippen LogP) is 4.20. The van der Waals surface area contributed by atoms with Crippen LogP contribution in [-0.2, 0) is 16.4 Å². The first-order valence-corrected chi connectivity index (χ1v) is 12.9. The van der Waals surface area contributed by atoms with E-state index in [1.54, 1.807) is 53.8 Å². The number of pyridine rings is 2. The van der Waals surface area contributed by atoms with E-state index in [1.807, 2.05) is 24.3 Å². The van der Waals surface area contributed by atoms with Crippen LogP contribution in [0, 0.1) is 0 Å². The highest BCUT2D eigenvalue weighted by Crippen LogP contribution is 2.21. The lowest BCUT2D eigenvalue weighted by molar-refractivity contribution is 0.0698. The molecule has 0 saturated carbocycles. The third-order valence-electron chi connectivity index (χ3n) is 5.84. The number of piperazine rings is 1. The number of aromatic nitrogens is 2. The van der Waals surface area contributed by atoms with Gasteiger partial charge in [0.15, 0.2) is 0 Å². The second kappa shape index (κ2) is 10.9. The number of amides is 1. The quantitative estimate of drug-likeness (QED) is 0.353. The predicted molar refractivity (Wildman–Crippen MR) is 137 cm³/mol. The first-order valence-electron chi connectivity index (χ1n) is 11.1. The summed E-state index contributed by atoms with van der Waals surface area (Å²) in [5, 5.41) is 0.381. The van der Waals surface area contributed by atoms with E-state index in [2.05, 4.69) is 16.5 Å². The molecule has 180 valence electrons. The number of carbonyl (C=O) groups is 1. The fourth-order valence-corrected chi connectivity index (χ4v) is 5.41. The molecule has 3 heterocycles. The van der Waals surface area contributed by atoms with Gasteiger partial charge in [0.2, 0.25) is 10.0 Å². The molecule has 7 nitrogen and oxygen atoms in total. The number of allylic oxidation sites excluding steroid dienone is 2. The maximum absolute atomic E-state index is 13.2. The van der Waals surface area contributed by atoms with Crippen LogP contribution in [0.1, 0.15) is 15.9 Å². The van der Waals surface area contributed by atoms with Crippen LogP contribution in [0.5, 0.6) is 0 Å². The zero-order valence-corrected chi connectivity index (χ0v) is 20.6. The summed E-state index contributed by atoms with van der Waals surface area (Å²) in [7, 11) is -3.72. The molecule has 1 aliphatic heterocycles. The Labute approximate surface area is 210 Å². The molecule has 0 atom stereocenters. The lowest BCUT2D eigenvalue weighted by atomic mass is 10.0. The molecule has 0 unspecified atom stereocenters. The first-order chi connectivity index (χ1) is 16.9. The van der Waals surface area contributed by atoms with Gasteiger partial charge in [-0.1, -0.05) is 42.5 Å². The van der Waals surface area contributed by atoms with E-state index in [1.165, 1.54) is 10.4 Å². The van der Waals surface area contributed by atoms with Gasteiger partial charge in [0.25, 0.3) is 5.91 Å². The van der Waals surface area contributed by atoms with Crippen molar-refractivity contribution in [1.29, 1.82) is 0 Å². The number of sulfonamides is 1. The summed E-state index contributed by atoms with van der Waals surface area (Å²) in [6, 6.07) is 14.7. The molecule has 1 fully saturated rings. The standard InChI is InChI=1S/C26H25ClN4O3S/c1-2-24(9-3-20-4-10-25(27)29-19-20)35(33,34)31-17-15-30(16-18-31)26(32)23-7-5-21(6-8-23)22-11-13-28-14-12-22/h2,4-14,19H,1,3,15-18H2. The summed E-state index contributed by atoms with van der Waals surface area (Å²) in [6.45, 7) is 4.75. The van der Waals surface area contributed by atoms with Crippen molar-refractivity contribution in [3.05, 3.63) is 107 Å². The number of carbonyl (C=O) groups excluding carboxylic acids is 1. The molecule has 0 N–H and O–H groups in total. The molecule has 1 amide bonds. The lowest BCUT2D eigenvalue weighted by Crippen LogP contribution is -2.50. The van der Waals surface area contributed by atoms with Crippen molar-refractivity contribution in [2.45, 2.75) is 6.42 Å². The Morgan fingerprint density at radius 2 is 1.63 bits per heavy atom. The molecule has 0 spiro atoms. The van der Waals surface area contributed by atoms with Crippen LogP contribution < -0.4 is 0 Å². The van der Waals surface area contributed by atoms with E-state index in [0.717, 1.165) is 16.7 Å². The maximum atomic E-state index is 13.2. The van der Waals surface area contributed by atoms with Gasteiger partial charge in [-0.25, -0.2) is 13.4 Å². The first kappa shape index (κ1) is 24.8. The van der Waals surface area contributed by atoms with Gasteiger partial charge in [0.1, 0.15) is 5.15 Å². The molecular weight excluding hydrogens is 484 g/mol. The number of hydrogen-bond donors (Lipinski definition) is 0. The van der Waals surface area contributed by atoms with E-state index < -0.39 is 10.0 Å². The van der Waals surface area contributed by atoms with Crippen molar-refractivity contribution >= 4 is 27.5 Å². The normalized spacial score (nSPS) is 15.1. The van der Waals surface area contributed by atoms with Crippen molar-refractivity contribution in [3.8, 4) is 11.1 Å². The van der Waals surface area contributed by atoms with E-state index >= 15 is 0 Å². The summed E-state index contributed by atoms with van der Waals surface area (Å²) in [4.78, 5) is 22.8. The molecule has 1 aliphatic rings. The van der Waals surface area contributed by atoms with E-state index in [4.69, 9.17) is 11.6 Å². The Balaban J connectivity index is 1.38. The van der Waals surface area contributed by atoms with Crippen molar-refractivity contribution in [3.63, 3.8) is 0 Å². The minimum atomic E-state index is -3.72. The Bertz CT molecular complexity index is 1320. The molecule has 0 bridgehead atoms. The summed E-state index contributed by atoms with van der Waals surface area (Å²) >= 11 is 5.81. The van der Waals surface area contributed by atoms with Crippen molar-refractivity contribution in [1.82, 2.24) is 19.2 Å². The second-order valence-corrected chi connectivity index (χ2v) is 10.3. The van der Waals surface area contributed by atoms with Gasteiger partial charge in [0.05, 0.1) is 4.91 Å². The Hall–Kier alpha value is -3.33. The van der Waals surface area contributed by atoms with Crippen LogP contribution in [0.2, 0.25) is 5.15 Å². The van der Waals surface area contributed by atoms with E-state index in [9.17, 15) is 13.2 Å². The molecule has 1 aromatic carbocycles. The Morgan fingerprint density at radius 1 is 0.971 bits per heavy atom. The van der Waals surface area contributed by atoms with Crippen LogP contribution in [0.25, 0.3) is 11.1 Å². The number of halogens is 1. The average molecular weight is 509 g/mol. The lowest BCUT2D eigenvalue weighted by Gasteiger charge is -2.34.